The second kappa shape index (κ2) is 9.78. The van der Waals surface area contributed by atoms with Crippen LogP contribution in [-0.2, 0) is 9.59 Å². The molecule has 180 valence electrons. The number of hydrogen-bond acceptors (Lipinski definition) is 4. The van der Waals surface area contributed by atoms with Crippen LogP contribution in [0.1, 0.15) is 29.9 Å². The Morgan fingerprint density at radius 1 is 0.971 bits per heavy atom. The highest BCUT2D eigenvalue weighted by atomic mass is 19.1. The SMILES string of the molecule is O=C(O)[C@@H]1CC(N2CCCOc3cc(F)ccc32)CN1C(=O)C(c1ccccc1)c1ccccc1. The van der Waals surface area contributed by atoms with Gasteiger partial charge in [-0.15, -0.1) is 0 Å². The number of rotatable bonds is 5. The van der Waals surface area contributed by atoms with Gasteiger partial charge in [-0.2, -0.15) is 0 Å². The molecule has 3 aromatic carbocycles. The Morgan fingerprint density at radius 2 is 1.63 bits per heavy atom. The van der Waals surface area contributed by atoms with E-state index >= 15 is 0 Å². The van der Waals surface area contributed by atoms with Gasteiger partial charge in [0.25, 0.3) is 0 Å². The minimum absolute atomic E-state index is 0.224. The van der Waals surface area contributed by atoms with Crippen molar-refractivity contribution < 1.29 is 23.8 Å². The number of carbonyl (C=O) groups excluding carboxylic acids is 1. The lowest BCUT2D eigenvalue weighted by molar-refractivity contribution is -0.148. The van der Waals surface area contributed by atoms with Crippen molar-refractivity contribution in [1.29, 1.82) is 0 Å². The summed E-state index contributed by atoms with van der Waals surface area (Å²) in [5, 5.41) is 10.1. The van der Waals surface area contributed by atoms with Gasteiger partial charge in [0.2, 0.25) is 5.91 Å². The van der Waals surface area contributed by atoms with Gasteiger partial charge in [0.05, 0.1) is 18.2 Å². The molecule has 1 N–H and O–H groups in total. The minimum atomic E-state index is -1.02. The lowest BCUT2D eigenvalue weighted by Crippen LogP contribution is -2.44. The van der Waals surface area contributed by atoms with Crippen molar-refractivity contribution in [2.75, 3.05) is 24.6 Å². The standard InChI is InChI=1S/C28H27FN2O4/c29-21-12-13-23-25(16-21)35-15-7-14-30(23)22-17-24(28(33)34)31(18-22)27(32)26(19-8-3-1-4-9-19)20-10-5-2-6-11-20/h1-6,8-13,16,22,24,26H,7,14-15,17-18H2,(H,33,34)/t22?,24-/m0/s1. The summed E-state index contributed by atoms with van der Waals surface area (Å²) in [5.74, 6) is -1.79. The van der Waals surface area contributed by atoms with Crippen LogP contribution in [0.5, 0.6) is 5.75 Å². The van der Waals surface area contributed by atoms with Gasteiger partial charge in [-0.3, -0.25) is 4.79 Å². The number of anilines is 1. The molecule has 2 heterocycles. The Hall–Kier alpha value is -3.87. The van der Waals surface area contributed by atoms with Gasteiger partial charge in [-0.05, 0) is 29.7 Å². The summed E-state index contributed by atoms with van der Waals surface area (Å²) in [7, 11) is 0. The molecule has 2 atom stereocenters. The van der Waals surface area contributed by atoms with E-state index in [1.807, 2.05) is 60.7 Å². The van der Waals surface area contributed by atoms with Crippen molar-refractivity contribution in [3.63, 3.8) is 0 Å². The summed E-state index contributed by atoms with van der Waals surface area (Å²) in [6.45, 7) is 1.36. The average molecular weight is 475 g/mol. The van der Waals surface area contributed by atoms with Crippen molar-refractivity contribution in [3.8, 4) is 5.75 Å². The third-order valence-electron chi connectivity index (χ3n) is 6.83. The van der Waals surface area contributed by atoms with E-state index in [2.05, 4.69) is 4.90 Å². The molecule has 35 heavy (non-hydrogen) atoms. The van der Waals surface area contributed by atoms with Gasteiger partial charge in [0, 0.05) is 31.6 Å². The zero-order valence-electron chi connectivity index (χ0n) is 19.2. The van der Waals surface area contributed by atoms with E-state index in [9.17, 15) is 19.1 Å². The summed E-state index contributed by atoms with van der Waals surface area (Å²) < 4.78 is 19.6. The van der Waals surface area contributed by atoms with E-state index in [1.54, 1.807) is 6.07 Å². The van der Waals surface area contributed by atoms with E-state index in [4.69, 9.17) is 4.74 Å². The predicted molar refractivity (Wildman–Crippen MR) is 130 cm³/mol. The molecule has 0 aliphatic carbocycles. The first kappa shape index (κ1) is 22.9. The number of hydrogen-bond donors (Lipinski definition) is 1. The molecule has 1 unspecified atom stereocenters. The van der Waals surface area contributed by atoms with Gasteiger partial charge in [-0.25, -0.2) is 9.18 Å². The topological polar surface area (TPSA) is 70.1 Å². The lowest BCUT2D eigenvalue weighted by Gasteiger charge is -2.31. The number of carboxylic acid groups (broad SMARTS) is 1. The van der Waals surface area contributed by atoms with Gasteiger partial charge in [-0.1, -0.05) is 60.7 Å². The molecule has 0 saturated carbocycles. The van der Waals surface area contributed by atoms with Crippen molar-refractivity contribution in [3.05, 3.63) is 95.8 Å². The Morgan fingerprint density at radius 3 is 2.26 bits per heavy atom. The van der Waals surface area contributed by atoms with E-state index in [-0.39, 0.29) is 30.7 Å². The molecule has 1 saturated heterocycles. The number of carbonyl (C=O) groups is 2. The summed E-state index contributed by atoms with van der Waals surface area (Å²) in [5.41, 5.74) is 2.37. The molecule has 0 bridgehead atoms. The molecule has 1 fully saturated rings. The number of nitrogens with zero attached hydrogens (tertiary/aromatic N) is 2. The molecule has 6 nitrogen and oxygen atoms in total. The molecule has 2 aliphatic heterocycles. The maximum Gasteiger partial charge on any atom is 0.326 e. The quantitative estimate of drug-likeness (QED) is 0.597. The lowest BCUT2D eigenvalue weighted by atomic mass is 9.90. The molecule has 7 heteroatoms. The maximum absolute atomic E-state index is 14.0. The van der Waals surface area contributed by atoms with Crippen LogP contribution in [0.3, 0.4) is 0 Å². The zero-order valence-corrected chi connectivity index (χ0v) is 19.2. The Labute approximate surface area is 203 Å². The average Bonchev–Trinajstić information content (AvgIpc) is 3.21. The molecular weight excluding hydrogens is 447 g/mol. The number of aliphatic carboxylic acids is 1. The van der Waals surface area contributed by atoms with Gasteiger partial charge in [0.15, 0.2) is 0 Å². The van der Waals surface area contributed by atoms with Gasteiger partial charge >= 0.3 is 5.97 Å². The normalized spacial score (nSPS) is 19.7. The summed E-state index contributed by atoms with van der Waals surface area (Å²) in [6.07, 6.45) is 1.00. The van der Waals surface area contributed by atoms with E-state index < -0.39 is 17.9 Å². The number of ether oxygens (including phenoxy) is 1. The van der Waals surface area contributed by atoms with Crippen LogP contribution in [0, 0.1) is 5.82 Å². The first-order chi connectivity index (χ1) is 17.0. The second-order valence-electron chi connectivity index (χ2n) is 9.00. The van der Waals surface area contributed by atoms with Crippen molar-refractivity contribution in [1.82, 2.24) is 4.90 Å². The molecule has 0 radical (unpaired) electrons. The van der Waals surface area contributed by atoms with Crippen LogP contribution in [-0.4, -0.2) is 53.7 Å². The molecule has 0 aromatic heterocycles. The van der Waals surface area contributed by atoms with Gasteiger partial charge < -0.3 is 19.6 Å². The highest BCUT2D eigenvalue weighted by Gasteiger charge is 2.44. The number of halogens is 1. The fourth-order valence-electron chi connectivity index (χ4n) is 5.21. The highest BCUT2D eigenvalue weighted by molar-refractivity contribution is 5.91. The predicted octanol–water partition coefficient (Wildman–Crippen LogP) is 4.30. The largest absolute Gasteiger partial charge is 0.491 e. The smallest absolute Gasteiger partial charge is 0.326 e. The number of benzene rings is 3. The van der Waals surface area contributed by atoms with Crippen LogP contribution >= 0.6 is 0 Å². The Balaban J connectivity index is 1.49. The fourth-order valence-corrected chi connectivity index (χ4v) is 5.21. The van der Waals surface area contributed by atoms with Crippen LogP contribution < -0.4 is 9.64 Å². The summed E-state index contributed by atoms with van der Waals surface area (Å²) >= 11 is 0. The zero-order chi connectivity index (χ0) is 24.4. The number of amides is 1. The first-order valence-electron chi connectivity index (χ1n) is 11.8. The molecule has 2 aliphatic rings. The molecule has 0 spiro atoms. The first-order valence-corrected chi connectivity index (χ1v) is 11.8. The summed E-state index contributed by atoms with van der Waals surface area (Å²) in [6, 6.07) is 22.2. The minimum Gasteiger partial charge on any atom is -0.491 e. The van der Waals surface area contributed by atoms with Crippen molar-refractivity contribution in [2.24, 2.45) is 0 Å². The van der Waals surface area contributed by atoms with E-state index in [0.29, 0.717) is 18.9 Å². The number of carboxylic acids is 1. The van der Waals surface area contributed by atoms with Crippen LogP contribution in [0.25, 0.3) is 0 Å². The number of fused-ring (bicyclic) bond motifs is 1. The third-order valence-corrected chi connectivity index (χ3v) is 6.83. The molecule has 5 rings (SSSR count). The van der Waals surface area contributed by atoms with E-state index in [1.165, 1.54) is 17.0 Å². The van der Waals surface area contributed by atoms with Crippen molar-refractivity contribution in [2.45, 2.75) is 30.8 Å². The second-order valence-corrected chi connectivity index (χ2v) is 9.00. The maximum atomic E-state index is 14.0. The molecule has 1 amide bonds. The van der Waals surface area contributed by atoms with Crippen LogP contribution in [0.2, 0.25) is 0 Å². The third kappa shape index (κ3) is 4.58. The Kier molecular flexibility index (Phi) is 6.40. The van der Waals surface area contributed by atoms with Crippen LogP contribution in [0.4, 0.5) is 10.1 Å². The van der Waals surface area contributed by atoms with Crippen LogP contribution in [0.15, 0.2) is 78.9 Å². The van der Waals surface area contributed by atoms with Gasteiger partial charge in [0.1, 0.15) is 17.6 Å². The number of likely N-dealkylation sites (tertiary alicyclic amines) is 1. The molecular formula is C28H27FN2O4. The molecule has 3 aromatic rings. The fraction of sp³-hybridized carbons (Fsp3) is 0.286. The monoisotopic (exact) mass is 474 g/mol. The van der Waals surface area contributed by atoms with E-state index in [0.717, 1.165) is 23.2 Å². The van der Waals surface area contributed by atoms with Crippen molar-refractivity contribution >= 4 is 17.6 Å². The Bertz CT molecular complexity index is 1160. The summed E-state index contributed by atoms with van der Waals surface area (Å²) in [4.78, 5) is 29.9. The highest BCUT2D eigenvalue weighted by Crippen LogP contribution is 2.37.